The Morgan fingerprint density at radius 2 is 2.33 bits per heavy atom. The molecule has 0 aromatic rings. The Morgan fingerprint density at radius 3 is 2.67 bits per heavy atom. The normalized spacial score (nSPS) is 17.2. The molecule has 0 aliphatic heterocycles. The van der Waals surface area contributed by atoms with Crippen LogP contribution >= 0.6 is 8.03 Å². The zero-order chi connectivity index (χ0) is 7.28. The van der Waals surface area contributed by atoms with Crippen LogP contribution < -0.4 is 5.73 Å². The minimum Gasteiger partial charge on any atom is -0.344 e. The first-order chi connectivity index (χ1) is 4.18. The predicted octanol–water partition coefficient (Wildman–Crippen LogP) is 0.488. The van der Waals surface area contributed by atoms with E-state index in [2.05, 4.69) is 0 Å². The third-order valence-electron chi connectivity index (χ3n) is 0.930. The van der Waals surface area contributed by atoms with Crippen molar-refractivity contribution < 1.29 is 13.8 Å². The zero-order valence-corrected chi connectivity index (χ0v) is 6.01. The summed E-state index contributed by atoms with van der Waals surface area (Å²) in [6, 6.07) is 0. The number of hydrogen-bond acceptors (Lipinski definition) is 2. The molecule has 0 saturated heterocycles. The molecular weight excluding hydrogens is 144 g/mol. The molecule has 0 fully saturated rings. The summed E-state index contributed by atoms with van der Waals surface area (Å²) < 4.78 is 22.1. The van der Waals surface area contributed by atoms with Crippen LogP contribution in [0.4, 0.5) is 4.39 Å². The van der Waals surface area contributed by atoms with Crippen LogP contribution in [-0.2, 0) is 4.57 Å². The van der Waals surface area contributed by atoms with Crippen molar-refractivity contribution in [2.45, 2.75) is 18.8 Å². The summed E-state index contributed by atoms with van der Waals surface area (Å²) in [5, 5.41) is 0. The van der Waals surface area contributed by atoms with Crippen LogP contribution in [0, 0.1) is 0 Å². The molecule has 3 N–H and O–H groups in total. The summed E-state index contributed by atoms with van der Waals surface area (Å²) in [6.45, 7) is 0.371. The lowest BCUT2D eigenvalue weighted by molar-refractivity contribution is 0.366. The molecule has 0 amide bonds. The molecule has 0 aromatic carbocycles. The molecule has 0 radical (unpaired) electrons. The Balaban J connectivity index is 3.27. The highest BCUT2D eigenvalue weighted by atomic mass is 31.1. The summed E-state index contributed by atoms with van der Waals surface area (Å²) in [6.07, 6.45) is 0.572. The van der Waals surface area contributed by atoms with Crippen molar-refractivity contribution in [2.75, 3.05) is 6.54 Å². The molecule has 0 aromatic heterocycles. The molecule has 5 heteroatoms. The van der Waals surface area contributed by atoms with E-state index in [4.69, 9.17) is 10.6 Å². The molecular formula is C4H11FNO2P. The third kappa shape index (κ3) is 4.58. The van der Waals surface area contributed by atoms with Gasteiger partial charge in [0.1, 0.15) is 0 Å². The van der Waals surface area contributed by atoms with Gasteiger partial charge in [0.15, 0.2) is 5.91 Å². The van der Waals surface area contributed by atoms with E-state index in [1.54, 1.807) is 0 Å². The van der Waals surface area contributed by atoms with Crippen LogP contribution in [-0.4, -0.2) is 17.4 Å². The number of hydrogen-bond donors (Lipinski definition) is 2. The lowest BCUT2D eigenvalue weighted by Gasteiger charge is -2.00. The lowest BCUT2D eigenvalue weighted by atomic mass is 10.3. The van der Waals surface area contributed by atoms with Gasteiger partial charge in [-0.15, -0.1) is 0 Å². The third-order valence-corrected chi connectivity index (χ3v) is 1.75. The molecule has 2 atom stereocenters. The Kier molecular flexibility index (Phi) is 4.96. The van der Waals surface area contributed by atoms with Gasteiger partial charge in [-0.25, -0.2) is 4.39 Å². The van der Waals surface area contributed by atoms with E-state index >= 15 is 0 Å². The van der Waals surface area contributed by atoms with Crippen LogP contribution in [0.5, 0.6) is 0 Å². The number of rotatable bonds is 4. The van der Waals surface area contributed by atoms with Crippen molar-refractivity contribution in [1.82, 2.24) is 0 Å². The fourth-order valence-corrected chi connectivity index (χ4v) is 0.872. The molecule has 0 rings (SSSR count). The van der Waals surface area contributed by atoms with E-state index in [1.807, 2.05) is 0 Å². The highest BCUT2D eigenvalue weighted by Crippen LogP contribution is 2.26. The smallest absolute Gasteiger partial charge is 0.222 e. The maximum absolute atomic E-state index is 12.1. The zero-order valence-electron chi connectivity index (χ0n) is 5.01. The van der Waals surface area contributed by atoms with Gasteiger partial charge < -0.3 is 10.6 Å². The van der Waals surface area contributed by atoms with E-state index in [-0.39, 0.29) is 6.42 Å². The molecule has 0 bridgehead atoms. The van der Waals surface area contributed by atoms with Gasteiger partial charge in [0.05, 0.1) is 0 Å². The number of halogens is 1. The highest BCUT2D eigenvalue weighted by Gasteiger charge is 2.10. The van der Waals surface area contributed by atoms with Crippen LogP contribution in [0.2, 0.25) is 0 Å². The van der Waals surface area contributed by atoms with E-state index in [0.29, 0.717) is 13.0 Å². The molecule has 0 saturated carbocycles. The Morgan fingerprint density at radius 1 is 1.78 bits per heavy atom. The number of alkyl halides is 1. The topological polar surface area (TPSA) is 63.3 Å². The van der Waals surface area contributed by atoms with Crippen molar-refractivity contribution in [2.24, 2.45) is 5.73 Å². The van der Waals surface area contributed by atoms with Crippen molar-refractivity contribution in [1.29, 1.82) is 0 Å². The summed E-state index contributed by atoms with van der Waals surface area (Å²) in [4.78, 5) is 8.18. The number of nitrogens with two attached hydrogens (primary N) is 1. The van der Waals surface area contributed by atoms with E-state index in [0.717, 1.165) is 0 Å². The average molecular weight is 155 g/mol. The quantitative estimate of drug-likeness (QED) is 0.580. The molecule has 0 heterocycles. The summed E-state index contributed by atoms with van der Waals surface area (Å²) >= 11 is 0. The second kappa shape index (κ2) is 4.91. The van der Waals surface area contributed by atoms with Gasteiger partial charge in [-0.2, -0.15) is 0 Å². The molecule has 2 unspecified atom stereocenters. The fraction of sp³-hybridized carbons (Fsp3) is 1.00. The van der Waals surface area contributed by atoms with Crippen LogP contribution in [0.25, 0.3) is 0 Å². The Hall–Kier alpha value is 0.0800. The van der Waals surface area contributed by atoms with Crippen LogP contribution in [0.15, 0.2) is 0 Å². The van der Waals surface area contributed by atoms with Crippen molar-refractivity contribution >= 4 is 8.03 Å². The van der Waals surface area contributed by atoms with Gasteiger partial charge in [0.25, 0.3) is 0 Å². The van der Waals surface area contributed by atoms with Crippen LogP contribution in [0.3, 0.4) is 0 Å². The molecule has 9 heavy (non-hydrogen) atoms. The molecule has 0 spiro atoms. The largest absolute Gasteiger partial charge is 0.344 e. The summed E-state index contributed by atoms with van der Waals surface area (Å²) in [7, 11) is -2.96. The average Bonchev–Trinajstić information content (AvgIpc) is 1.82. The fourth-order valence-electron chi connectivity index (χ4n) is 0.421. The molecule has 56 valence electrons. The van der Waals surface area contributed by atoms with Crippen LogP contribution in [0.1, 0.15) is 12.8 Å². The maximum atomic E-state index is 12.1. The van der Waals surface area contributed by atoms with Gasteiger partial charge >= 0.3 is 0 Å². The van der Waals surface area contributed by atoms with E-state index in [1.165, 1.54) is 0 Å². The summed E-state index contributed by atoms with van der Waals surface area (Å²) in [5.41, 5.74) is 5.04. The van der Waals surface area contributed by atoms with Gasteiger partial charge in [-0.05, 0) is 19.4 Å². The second-order valence-electron chi connectivity index (χ2n) is 1.74. The molecule has 3 nitrogen and oxygen atoms in total. The van der Waals surface area contributed by atoms with E-state index < -0.39 is 13.9 Å². The van der Waals surface area contributed by atoms with Gasteiger partial charge in [-0.1, -0.05) is 0 Å². The van der Waals surface area contributed by atoms with Crippen molar-refractivity contribution in [3.63, 3.8) is 0 Å². The SMILES string of the molecule is NCCCC(F)[PH](=O)O. The first-order valence-corrected chi connectivity index (χ1v) is 4.18. The van der Waals surface area contributed by atoms with Gasteiger partial charge in [0.2, 0.25) is 8.03 Å². The van der Waals surface area contributed by atoms with Crippen molar-refractivity contribution in [3.05, 3.63) is 0 Å². The Bertz CT molecular complexity index is 101. The summed E-state index contributed by atoms with van der Waals surface area (Å²) in [5.74, 6) is -1.56. The van der Waals surface area contributed by atoms with Gasteiger partial charge in [0, 0.05) is 0 Å². The monoisotopic (exact) mass is 155 g/mol. The lowest BCUT2D eigenvalue weighted by Crippen LogP contribution is -2.02. The minimum atomic E-state index is -2.96. The van der Waals surface area contributed by atoms with Crippen molar-refractivity contribution in [3.8, 4) is 0 Å². The highest BCUT2D eigenvalue weighted by molar-refractivity contribution is 7.38. The molecule has 0 aliphatic carbocycles. The van der Waals surface area contributed by atoms with E-state index in [9.17, 15) is 8.96 Å². The molecule has 0 aliphatic rings. The standard InChI is InChI=1S/C4H11FNO2P/c5-4(9(7)8)2-1-3-6/h4,9H,1-3,6H2,(H,7,8). The van der Waals surface area contributed by atoms with Gasteiger partial charge in [-0.3, -0.25) is 4.57 Å². The minimum absolute atomic E-state index is 0.102. The maximum Gasteiger partial charge on any atom is 0.222 e. The first-order valence-electron chi connectivity index (χ1n) is 2.75. The Labute approximate surface area is 53.9 Å². The predicted molar refractivity (Wildman–Crippen MR) is 34.4 cm³/mol. The second-order valence-corrected chi connectivity index (χ2v) is 3.04. The first kappa shape index (κ1) is 9.08.